The van der Waals surface area contributed by atoms with Crippen LogP contribution in [-0.4, -0.2) is 22.4 Å². The van der Waals surface area contributed by atoms with Crippen LogP contribution in [0, 0.1) is 0 Å². The third-order valence-corrected chi connectivity index (χ3v) is 3.19. The maximum Gasteiger partial charge on any atom is 0.252 e. The zero-order chi connectivity index (χ0) is 12.1. The van der Waals surface area contributed by atoms with Crippen molar-refractivity contribution in [1.29, 1.82) is 0 Å². The number of nitrogens with zero attached hydrogens (tertiary/aromatic N) is 2. The van der Waals surface area contributed by atoms with Crippen LogP contribution in [0.4, 0.5) is 0 Å². The Bertz CT molecular complexity index is 501. The molecule has 0 fully saturated rings. The van der Waals surface area contributed by atoms with Gasteiger partial charge in [-0.15, -0.1) is 11.3 Å². The first kappa shape index (κ1) is 12.2. The minimum atomic E-state index is -0.117. The van der Waals surface area contributed by atoms with E-state index >= 15 is 0 Å². The third-order valence-electron chi connectivity index (χ3n) is 2.12. The fraction of sp³-hybridized carbons (Fsp3) is 0.182. The van der Waals surface area contributed by atoms with E-state index in [1.807, 2.05) is 5.38 Å². The third kappa shape index (κ3) is 3.61. The Kier molecular flexibility index (Phi) is 4.22. The summed E-state index contributed by atoms with van der Waals surface area (Å²) in [5, 5.41) is 4.81. The number of amides is 1. The van der Waals surface area contributed by atoms with Crippen LogP contribution in [0.5, 0.6) is 0 Å². The van der Waals surface area contributed by atoms with Crippen molar-refractivity contribution in [2.45, 2.75) is 6.42 Å². The molecule has 0 unspecified atom stereocenters. The molecule has 0 bridgehead atoms. The van der Waals surface area contributed by atoms with Gasteiger partial charge in [0, 0.05) is 35.2 Å². The van der Waals surface area contributed by atoms with Gasteiger partial charge in [0.15, 0.2) is 0 Å². The van der Waals surface area contributed by atoms with Crippen molar-refractivity contribution in [3.63, 3.8) is 0 Å². The van der Waals surface area contributed by atoms with Gasteiger partial charge >= 0.3 is 0 Å². The Balaban J connectivity index is 1.85. The molecule has 0 saturated heterocycles. The molecule has 0 aliphatic heterocycles. The summed E-state index contributed by atoms with van der Waals surface area (Å²) in [6.07, 6.45) is 3.94. The van der Waals surface area contributed by atoms with Gasteiger partial charge in [-0.3, -0.25) is 9.78 Å². The number of thiazole rings is 1. The van der Waals surface area contributed by atoms with Crippen molar-refractivity contribution < 1.29 is 4.79 Å². The summed E-state index contributed by atoms with van der Waals surface area (Å²) in [4.78, 5) is 19.8. The quantitative estimate of drug-likeness (QED) is 0.942. The summed E-state index contributed by atoms with van der Waals surface area (Å²) >= 11 is 4.84. The van der Waals surface area contributed by atoms with Crippen LogP contribution < -0.4 is 5.32 Å². The van der Waals surface area contributed by atoms with Crippen molar-refractivity contribution in [1.82, 2.24) is 15.3 Å². The van der Waals surface area contributed by atoms with Crippen molar-refractivity contribution in [3.8, 4) is 0 Å². The molecule has 2 aromatic heterocycles. The first-order chi connectivity index (χ1) is 8.25. The highest BCUT2D eigenvalue weighted by atomic mass is 79.9. The highest BCUT2D eigenvalue weighted by molar-refractivity contribution is 9.10. The van der Waals surface area contributed by atoms with E-state index in [2.05, 4.69) is 31.2 Å². The molecule has 2 rings (SSSR count). The van der Waals surface area contributed by atoms with Gasteiger partial charge in [-0.25, -0.2) is 4.98 Å². The molecule has 17 heavy (non-hydrogen) atoms. The molecule has 1 amide bonds. The number of carbonyl (C=O) groups excluding carboxylic acids is 1. The Morgan fingerprint density at radius 3 is 3.06 bits per heavy atom. The van der Waals surface area contributed by atoms with Crippen LogP contribution in [0.2, 0.25) is 0 Å². The summed E-state index contributed by atoms with van der Waals surface area (Å²) in [5.74, 6) is -0.117. The summed E-state index contributed by atoms with van der Waals surface area (Å²) in [6, 6.07) is 1.74. The summed E-state index contributed by atoms with van der Waals surface area (Å²) in [7, 11) is 0. The molecule has 4 nitrogen and oxygen atoms in total. The van der Waals surface area contributed by atoms with Crippen LogP contribution >= 0.6 is 27.3 Å². The topological polar surface area (TPSA) is 54.9 Å². The van der Waals surface area contributed by atoms with Crippen molar-refractivity contribution >= 4 is 33.2 Å². The van der Waals surface area contributed by atoms with Crippen LogP contribution in [0.25, 0.3) is 0 Å². The second-order valence-corrected chi connectivity index (χ2v) is 5.01. The van der Waals surface area contributed by atoms with Gasteiger partial charge < -0.3 is 5.32 Å². The maximum atomic E-state index is 11.7. The fourth-order valence-electron chi connectivity index (χ4n) is 1.30. The molecule has 0 radical (unpaired) electrons. The van der Waals surface area contributed by atoms with Gasteiger partial charge in [0.05, 0.1) is 16.8 Å². The zero-order valence-electron chi connectivity index (χ0n) is 8.89. The Morgan fingerprint density at radius 2 is 2.35 bits per heavy atom. The summed E-state index contributed by atoms with van der Waals surface area (Å²) in [6.45, 7) is 0.578. The first-order valence-electron chi connectivity index (χ1n) is 5.01. The molecule has 0 aliphatic rings. The van der Waals surface area contributed by atoms with E-state index in [1.54, 1.807) is 35.3 Å². The van der Waals surface area contributed by atoms with Gasteiger partial charge in [-0.05, 0) is 22.0 Å². The van der Waals surface area contributed by atoms with Gasteiger partial charge in [-0.2, -0.15) is 0 Å². The van der Waals surface area contributed by atoms with Crippen LogP contribution in [-0.2, 0) is 6.42 Å². The predicted octanol–water partition coefficient (Wildman–Crippen LogP) is 2.27. The van der Waals surface area contributed by atoms with Crippen LogP contribution in [0.1, 0.15) is 16.1 Å². The van der Waals surface area contributed by atoms with E-state index in [0.717, 1.165) is 16.6 Å². The van der Waals surface area contributed by atoms with E-state index in [1.165, 1.54) is 0 Å². The Labute approximate surface area is 111 Å². The monoisotopic (exact) mass is 311 g/mol. The number of hydrogen-bond donors (Lipinski definition) is 1. The molecule has 0 atom stereocenters. The van der Waals surface area contributed by atoms with Gasteiger partial charge in [0.1, 0.15) is 0 Å². The van der Waals surface area contributed by atoms with Gasteiger partial charge in [-0.1, -0.05) is 0 Å². The lowest BCUT2D eigenvalue weighted by Gasteiger charge is -2.03. The molecule has 0 aliphatic carbocycles. The average molecular weight is 312 g/mol. The Morgan fingerprint density at radius 1 is 1.47 bits per heavy atom. The highest BCUT2D eigenvalue weighted by Gasteiger charge is 2.05. The molecule has 6 heteroatoms. The molecular weight excluding hydrogens is 302 g/mol. The summed E-state index contributed by atoms with van der Waals surface area (Å²) in [5.41, 5.74) is 3.34. The fourth-order valence-corrected chi connectivity index (χ4v) is 2.26. The first-order valence-corrected chi connectivity index (χ1v) is 6.75. The highest BCUT2D eigenvalue weighted by Crippen LogP contribution is 2.09. The molecule has 88 valence electrons. The SMILES string of the molecule is O=C(NCCc1cscn1)c1cncc(Br)c1. The minimum absolute atomic E-state index is 0.117. The molecule has 1 N–H and O–H groups in total. The van der Waals surface area contributed by atoms with Gasteiger partial charge in [0.2, 0.25) is 0 Å². The number of halogens is 1. The smallest absolute Gasteiger partial charge is 0.252 e. The van der Waals surface area contributed by atoms with Gasteiger partial charge in [0.25, 0.3) is 5.91 Å². The zero-order valence-corrected chi connectivity index (χ0v) is 11.3. The van der Waals surface area contributed by atoms with E-state index in [9.17, 15) is 4.79 Å². The summed E-state index contributed by atoms with van der Waals surface area (Å²) < 4.78 is 0.796. The number of carbonyl (C=O) groups is 1. The van der Waals surface area contributed by atoms with E-state index in [4.69, 9.17) is 0 Å². The number of pyridine rings is 1. The molecule has 2 aromatic rings. The predicted molar refractivity (Wildman–Crippen MR) is 70.1 cm³/mol. The lowest BCUT2D eigenvalue weighted by molar-refractivity contribution is 0.0953. The van der Waals surface area contributed by atoms with Crippen LogP contribution in [0.15, 0.2) is 33.8 Å². The lowest BCUT2D eigenvalue weighted by atomic mass is 10.2. The molecule has 2 heterocycles. The molecular formula is C11H10BrN3OS. The minimum Gasteiger partial charge on any atom is -0.352 e. The number of nitrogens with one attached hydrogen (secondary N) is 1. The maximum absolute atomic E-state index is 11.7. The number of rotatable bonds is 4. The number of hydrogen-bond acceptors (Lipinski definition) is 4. The van der Waals surface area contributed by atoms with E-state index in [0.29, 0.717) is 12.1 Å². The molecule has 0 aromatic carbocycles. The lowest BCUT2D eigenvalue weighted by Crippen LogP contribution is -2.25. The largest absolute Gasteiger partial charge is 0.352 e. The van der Waals surface area contributed by atoms with E-state index < -0.39 is 0 Å². The Hall–Kier alpha value is -1.27. The molecule has 0 saturated carbocycles. The van der Waals surface area contributed by atoms with Crippen LogP contribution in [0.3, 0.4) is 0 Å². The normalized spacial score (nSPS) is 10.2. The second-order valence-electron chi connectivity index (χ2n) is 3.38. The standard InChI is InChI=1S/C11H10BrN3OS/c12-9-3-8(4-13-5-9)11(16)14-2-1-10-6-17-7-15-10/h3-7H,1-2H2,(H,14,16). The molecule has 0 spiro atoms. The number of aromatic nitrogens is 2. The second kappa shape index (κ2) is 5.88. The van der Waals surface area contributed by atoms with E-state index in [-0.39, 0.29) is 5.91 Å². The average Bonchev–Trinajstić information content (AvgIpc) is 2.82. The van der Waals surface area contributed by atoms with Crippen molar-refractivity contribution in [2.24, 2.45) is 0 Å². The van der Waals surface area contributed by atoms with Crippen molar-refractivity contribution in [2.75, 3.05) is 6.54 Å². The van der Waals surface area contributed by atoms with Crippen molar-refractivity contribution in [3.05, 3.63) is 45.1 Å².